The van der Waals surface area contributed by atoms with Crippen LogP contribution in [-0.2, 0) is 0 Å². The summed E-state index contributed by atoms with van der Waals surface area (Å²) in [6.07, 6.45) is 0.872. The summed E-state index contributed by atoms with van der Waals surface area (Å²) in [6, 6.07) is 4.36. The van der Waals surface area contributed by atoms with Gasteiger partial charge in [0.05, 0.1) is 11.1 Å². The number of urea groups is 1. The molecule has 11 heteroatoms. The van der Waals surface area contributed by atoms with Crippen LogP contribution >= 0.6 is 12.8 Å². The number of amides is 2. The van der Waals surface area contributed by atoms with E-state index in [1.807, 2.05) is 0 Å². The summed E-state index contributed by atoms with van der Waals surface area (Å²) >= 11 is 3.88. The van der Waals surface area contributed by atoms with Gasteiger partial charge in [0.1, 0.15) is 0 Å². The Morgan fingerprint density at radius 2 is 2.05 bits per heavy atom. The van der Waals surface area contributed by atoms with Crippen molar-refractivity contribution < 1.29 is 14.8 Å². The van der Waals surface area contributed by atoms with E-state index in [4.69, 9.17) is 5.11 Å². The van der Waals surface area contributed by atoms with Crippen LogP contribution in [0.1, 0.15) is 0 Å². The van der Waals surface area contributed by atoms with E-state index in [0.29, 0.717) is 4.31 Å². The molecule has 0 radical (unpaired) electrons. The first-order chi connectivity index (χ1) is 10.4. The number of carbonyl (C=O) groups is 1. The summed E-state index contributed by atoms with van der Waals surface area (Å²) in [5.41, 5.74) is -0.659. The van der Waals surface area contributed by atoms with E-state index in [0.717, 1.165) is 6.20 Å². The minimum atomic E-state index is -0.827. The van der Waals surface area contributed by atoms with Gasteiger partial charge < -0.3 is 10.4 Å². The average Bonchev–Trinajstić information content (AvgIpc) is 2.49. The summed E-state index contributed by atoms with van der Waals surface area (Å²) < 4.78 is 0.711. The number of nitrogens with zero attached hydrogens (tertiary/aromatic N) is 3. The monoisotopic (exact) mass is 323 g/mol. The van der Waals surface area contributed by atoms with Crippen molar-refractivity contribution in [3.05, 3.63) is 50.9 Å². The molecule has 0 aliphatic heterocycles. The van der Waals surface area contributed by atoms with Gasteiger partial charge in [-0.15, -0.1) is 0 Å². The number of nitro groups is 1. The fourth-order valence-corrected chi connectivity index (χ4v) is 1.58. The van der Waals surface area contributed by atoms with Gasteiger partial charge in [0, 0.05) is 17.8 Å². The van der Waals surface area contributed by atoms with Gasteiger partial charge in [-0.3, -0.25) is 19.9 Å². The van der Waals surface area contributed by atoms with Crippen molar-refractivity contribution in [2.24, 2.45) is 0 Å². The maximum absolute atomic E-state index is 11.9. The van der Waals surface area contributed by atoms with Gasteiger partial charge in [-0.1, -0.05) is 12.8 Å². The maximum Gasteiger partial charge on any atom is 0.338 e. The lowest BCUT2D eigenvalue weighted by atomic mass is 10.3. The van der Waals surface area contributed by atoms with Crippen LogP contribution in [0.5, 0.6) is 5.75 Å². The second-order valence-electron chi connectivity index (χ2n) is 3.97. The first kappa shape index (κ1) is 15.3. The Hall–Kier alpha value is -3.08. The Morgan fingerprint density at radius 3 is 2.59 bits per heavy atom. The van der Waals surface area contributed by atoms with Crippen molar-refractivity contribution in [2.45, 2.75) is 0 Å². The highest BCUT2D eigenvalue weighted by molar-refractivity contribution is 7.82. The van der Waals surface area contributed by atoms with Crippen LogP contribution in [0.25, 0.3) is 0 Å². The molecule has 0 fully saturated rings. The lowest BCUT2D eigenvalue weighted by Crippen LogP contribution is -2.29. The molecule has 1 aromatic carbocycles. The number of hydrogen-bond acceptors (Lipinski definition) is 7. The zero-order valence-corrected chi connectivity index (χ0v) is 11.7. The Morgan fingerprint density at radius 1 is 1.41 bits per heavy atom. The molecule has 0 saturated carbocycles. The highest BCUT2D eigenvalue weighted by atomic mass is 32.1. The number of non-ortho nitro benzene ring substituents is 1. The first-order valence-electron chi connectivity index (χ1n) is 5.71. The molecule has 2 aromatic rings. The SMILES string of the molecule is O=C(Nc1ccc([N+](=O)[O-])cc1)N(S)c1ncc(O)c(=O)[nH]1. The number of nitrogens with one attached hydrogen (secondary N) is 2. The number of nitro benzene ring substituents is 1. The van der Waals surface area contributed by atoms with Crippen LogP contribution in [0.3, 0.4) is 0 Å². The van der Waals surface area contributed by atoms with Crippen molar-refractivity contribution in [1.29, 1.82) is 0 Å². The summed E-state index contributed by atoms with van der Waals surface area (Å²) in [5.74, 6) is -0.799. The van der Waals surface area contributed by atoms with E-state index >= 15 is 0 Å². The second kappa shape index (κ2) is 6.13. The molecule has 0 spiro atoms. The van der Waals surface area contributed by atoms with Crippen LogP contribution in [0.2, 0.25) is 0 Å². The molecule has 10 nitrogen and oxygen atoms in total. The van der Waals surface area contributed by atoms with Gasteiger partial charge in [-0.05, 0) is 12.1 Å². The summed E-state index contributed by atoms with van der Waals surface area (Å²) in [7, 11) is 0. The van der Waals surface area contributed by atoms with E-state index in [1.54, 1.807) is 0 Å². The van der Waals surface area contributed by atoms with Crippen molar-refractivity contribution in [3.8, 4) is 5.75 Å². The minimum absolute atomic E-state index is 0.120. The van der Waals surface area contributed by atoms with Crippen molar-refractivity contribution >= 4 is 36.2 Å². The molecule has 0 saturated heterocycles. The topological polar surface area (TPSA) is 141 Å². The maximum atomic E-state index is 11.9. The molecule has 0 unspecified atom stereocenters. The zero-order valence-electron chi connectivity index (χ0n) is 10.8. The number of aromatic amines is 1. The Kier molecular flexibility index (Phi) is 4.27. The summed E-state index contributed by atoms with van der Waals surface area (Å²) in [4.78, 5) is 38.9. The van der Waals surface area contributed by atoms with Crippen LogP contribution in [0, 0.1) is 10.1 Å². The van der Waals surface area contributed by atoms with Gasteiger partial charge in [0.2, 0.25) is 5.95 Å². The Balaban J connectivity index is 2.12. The molecule has 0 bridgehead atoms. The molecule has 0 atom stereocenters. The van der Waals surface area contributed by atoms with Gasteiger partial charge in [-0.25, -0.2) is 14.1 Å². The number of benzene rings is 1. The van der Waals surface area contributed by atoms with E-state index in [-0.39, 0.29) is 17.3 Å². The van der Waals surface area contributed by atoms with E-state index < -0.39 is 22.3 Å². The largest absolute Gasteiger partial charge is 0.502 e. The first-order valence-corrected chi connectivity index (χ1v) is 6.11. The van der Waals surface area contributed by atoms with Gasteiger partial charge >= 0.3 is 6.03 Å². The zero-order chi connectivity index (χ0) is 16.3. The lowest BCUT2D eigenvalue weighted by molar-refractivity contribution is -0.384. The standard InChI is InChI=1S/C11H9N5O5S/c17-8-5-12-10(14-9(8)18)15(22)11(19)13-6-1-3-7(4-2-6)16(20)21/h1-5,17,22H,(H,13,19)(H,12,14,18). The lowest BCUT2D eigenvalue weighted by Gasteiger charge is -2.14. The molecule has 0 aliphatic rings. The predicted molar refractivity (Wildman–Crippen MR) is 80.1 cm³/mol. The minimum Gasteiger partial charge on any atom is -0.502 e. The summed E-state index contributed by atoms with van der Waals surface area (Å²) in [5, 5.41) is 22.0. The molecule has 2 rings (SSSR count). The fraction of sp³-hybridized carbons (Fsp3) is 0. The number of aromatic nitrogens is 2. The predicted octanol–water partition coefficient (Wildman–Crippen LogP) is 1.27. The van der Waals surface area contributed by atoms with Gasteiger partial charge in [0.15, 0.2) is 5.75 Å². The fourth-order valence-electron chi connectivity index (χ4n) is 1.43. The third kappa shape index (κ3) is 3.32. The van der Waals surface area contributed by atoms with E-state index in [1.165, 1.54) is 24.3 Å². The van der Waals surface area contributed by atoms with Gasteiger partial charge in [-0.2, -0.15) is 0 Å². The molecule has 114 valence electrons. The molecular formula is C11H9N5O5S. The Labute approximate surface area is 128 Å². The van der Waals surface area contributed by atoms with E-state index in [2.05, 4.69) is 28.1 Å². The molecular weight excluding hydrogens is 314 g/mol. The van der Waals surface area contributed by atoms with Crippen LogP contribution in [0.15, 0.2) is 35.3 Å². The molecule has 2 amide bonds. The number of aromatic hydroxyl groups is 1. The highest BCUT2D eigenvalue weighted by Crippen LogP contribution is 2.17. The van der Waals surface area contributed by atoms with Gasteiger partial charge in [0.25, 0.3) is 11.2 Å². The summed E-state index contributed by atoms with van der Waals surface area (Å²) in [6.45, 7) is 0. The highest BCUT2D eigenvalue weighted by Gasteiger charge is 2.16. The second-order valence-corrected chi connectivity index (χ2v) is 4.37. The van der Waals surface area contributed by atoms with Crippen molar-refractivity contribution in [1.82, 2.24) is 9.97 Å². The molecule has 1 aromatic heterocycles. The number of carbonyl (C=O) groups excluding carboxylic acids is 1. The number of H-pyrrole nitrogens is 1. The number of anilines is 2. The number of hydrogen-bond donors (Lipinski definition) is 4. The van der Waals surface area contributed by atoms with Crippen molar-refractivity contribution in [2.75, 3.05) is 9.62 Å². The third-order valence-electron chi connectivity index (χ3n) is 2.49. The normalized spacial score (nSPS) is 10.0. The van der Waals surface area contributed by atoms with Crippen LogP contribution in [-0.4, -0.2) is 26.0 Å². The number of rotatable bonds is 3. The number of thiol groups is 1. The third-order valence-corrected chi connectivity index (χ3v) is 2.86. The smallest absolute Gasteiger partial charge is 0.338 e. The van der Waals surface area contributed by atoms with E-state index in [9.17, 15) is 19.7 Å². The molecule has 0 aliphatic carbocycles. The average molecular weight is 323 g/mol. The van der Waals surface area contributed by atoms with Crippen LogP contribution < -0.4 is 15.2 Å². The quantitative estimate of drug-likeness (QED) is 0.381. The Bertz CT molecular complexity index is 775. The molecule has 1 heterocycles. The van der Waals surface area contributed by atoms with Crippen LogP contribution in [0.4, 0.5) is 22.1 Å². The van der Waals surface area contributed by atoms with Crippen molar-refractivity contribution in [3.63, 3.8) is 0 Å². The molecule has 3 N–H and O–H groups in total. The molecule has 22 heavy (non-hydrogen) atoms.